The SMILES string of the molecule is CCc1c(C(=O)NCCN2CCCCC2)cnc2cc(-c3ccccc3)nn12. The van der Waals surface area contributed by atoms with Crippen molar-refractivity contribution in [3.8, 4) is 11.3 Å². The van der Waals surface area contributed by atoms with Gasteiger partial charge in [0.15, 0.2) is 5.65 Å². The topological polar surface area (TPSA) is 62.5 Å². The molecule has 0 saturated carbocycles. The molecule has 1 aliphatic rings. The van der Waals surface area contributed by atoms with Crippen LogP contribution in [0.3, 0.4) is 0 Å². The molecule has 1 aliphatic heterocycles. The zero-order valence-corrected chi connectivity index (χ0v) is 16.4. The first-order valence-electron chi connectivity index (χ1n) is 10.2. The highest BCUT2D eigenvalue weighted by Crippen LogP contribution is 2.21. The predicted molar refractivity (Wildman–Crippen MR) is 110 cm³/mol. The monoisotopic (exact) mass is 377 g/mol. The smallest absolute Gasteiger partial charge is 0.254 e. The van der Waals surface area contributed by atoms with E-state index in [0.717, 1.165) is 42.2 Å². The van der Waals surface area contributed by atoms with Gasteiger partial charge in [0.2, 0.25) is 0 Å². The van der Waals surface area contributed by atoms with Crippen LogP contribution in [0.5, 0.6) is 0 Å². The summed E-state index contributed by atoms with van der Waals surface area (Å²) in [6, 6.07) is 12.0. The van der Waals surface area contributed by atoms with Crippen LogP contribution in [0, 0.1) is 0 Å². The lowest BCUT2D eigenvalue weighted by atomic mass is 10.1. The standard InChI is InChI=1S/C22H27N5O/c1-2-20-18(22(28)23-11-14-26-12-7-4-8-13-26)16-24-21-15-19(25-27(20)21)17-9-5-3-6-10-17/h3,5-6,9-10,15-16H,2,4,7-8,11-14H2,1H3,(H,23,28). The number of hydrogen-bond donors (Lipinski definition) is 1. The molecule has 3 aromatic rings. The van der Waals surface area contributed by atoms with E-state index < -0.39 is 0 Å². The maximum absolute atomic E-state index is 12.8. The van der Waals surface area contributed by atoms with Crippen LogP contribution >= 0.6 is 0 Å². The first kappa shape index (κ1) is 18.6. The normalized spacial score (nSPS) is 15.0. The van der Waals surface area contributed by atoms with Crippen molar-refractivity contribution in [1.29, 1.82) is 0 Å². The molecule has 28 heavy (non-hydrogen) atoms. The third-order valence-corrected chi connectivity index (χ3v) is 5.39. The number of carbonyl (C=O) groups is 1. The Bertz CT molecular complexity index is 944. The number of carbonyl (C=O) groups excluding carboxylic acids is 1. The number of aryl methyl sites for hydroxylation is 1. The lowest BCUT2D eigenvalue weighted by Gasteiger charge is -2.26. The zero-order valence-electron chi connectivity index (χ0n) is 16.4. The largest absolute Gasteiger partial charge is 0.351 e. The van der Waals surface area contributed by atoms with E-state index >= 15 is 0 Å². The highest BCUT2D eigenvalue weighted by atomic mass is 16.1. The van der Waals surface area contributed by atoms with E-state index in [2.05, 4.69) is 15.2 Å². The number of likely N-dealkylation sites (tertiary alicyclic amines) is 1. The second-order valence-corrected chi connectivity index (χ2v) is 7.30. The molecule has 0 radical (unpaired) electrons. The number of piperidine rings is 1. The van der Waals surface area contributed by atoms with Crippen LogP contribution in [-0.4, -0.2) is 51.6 Å². The maximum Gasteiger partial charge on any atom is 0.254 e. The van der Waals surface area contributed by atoms with Gasteiger partial charge in [-0.3, -0.25) is 4.79 Å². The minimum Gasteiger partial charge on any atom is -0.351 e. The molecule has 0 atom stereocenters. The average Bonchev–Trinajstić information content (AvgIpc) is 3.19. The molecule has 3 heterocycles. The van der Waals surface area contributed by atoms with Gasteiger partial charge >= 0.3 is 0 Å². The lowest BCUT2D eigenvalue weighted by Crippen LogP contribution is -2.38. The van der Waals surface area contributed by atoms with Crippen LogP contribution in [0.2, 0.25) is 0 Å². The van der Waals surface area contributed by atoms with E-state index in [1.165, 1.54) is 19.3 Å². The highest BCUT2D eigenvalue weighted by Gasteiger charge is 2.17. The minimum atomic E-state index is -0.0694. The summed E-state index contributed by atoms with van der Waals surface area (Å²) in [5.74, 6) is -0.0694. The van der Waals surface area contributed by atoms with Crippen molar-refractivity contribution in [1.82, 2.24) is 24.8 Å². The summed E-state index contributed by atoms with van der Waals surface area (Å²) in [6.07, 6.45) is 6.24. The maximum atomic E-state index is 12.8. The summed E-state index contributed by atoms with van der Waals surface area (Å²) in [5, 5.41) is 7.78. The number of benzene rings is 1. The molecule has 0 spiro atoms. The Morgan fingerprint density at radius 2 is 1.93 bits per heavy atom. The molecular weight excluding hydrogens is 350 g/mol. The van der Waals surface area contributed by atoms with Crippen LogP contribution in [0.1, 0.15) is 42.2 Å². The van der Waals surface area contributed by atoms with E-state index in [0.29, 0.717) is 18.5 Å². The molecule has 1 saturated heterocycles. The summed E-state index contributed by atoms with van der Waals surface area (Å²) in [6.45, 7) is 5.89. The Morgan fingerprint density at radius 1 is 1.14 bits per heavy atom. The van der Waals surface area contributed by atoms with Crippen molar-refractivity contribution >= 4 is 11.6 Å². The van der Waals surface area contributed by atoms with Crippen LogP contribution in [0.25, 0.3) is 16.9 Å². The van der Waals surface area contributed by atoms with Crippen molar-refractivity contribution in [2.24, 2.45) is 0 Å². The molecule has 4 rings (SSSR count). The Morgan fingerprint density at radius 3 is 2.68 bits per heavy atom. The van der Waals surface area contributed by atoms with Crippen LogP contribution in [-0.2, 0) is 6.42 Å². The van der Waals surface area contributed by atoms with Crippen LogP contribution < -0.4 is 5.32 Å². The number of nitrogens with zero attached hydrogens (tertiary/aromatic N) is 4. The molecule has 146 valence electrons. The van der Waals surface area contributed by atoms with Gasteiger partial charge in [-0.15, -0.1) is 0 Å². The molecule has 1 N–H and O–H groups in total. The van der Waals surface area contributed by atoms with Crippen molar-refractivity contribution in [3.05, 3.63) is 53.9 Å². The Hall–Kier alpha value is -2.73. The summed E-state index contributed by atoms with van der Waals surface area (Å²) >= 11 is 0. The first-order chi connectivity index (χ1) is 13.8. The average molecular weight is 377 g/mol. The first-order valence-corrected chi connectivity index (χ1v) is 10.2. The minimum absolute atomic E-state index is 0.0694. The van der Waals surface area contributed by atoms with Gasteiger partial charge in [0, 0.05) is 30.9 Å². The number of hydrogen-bond acceptors (Lipinski definition) is 4. The van der Waals surface area contributed by atoms with E-state index in [4.69, 9.17) is 5.10 Å². The third kappa shape index (κ3) is 3.92. The fraction of sp³-hybridized carbons (Fsp3) is 0.409. The number of aromatic nitrogens is 3. The molecule has 1 amide bonds. The van der Waals surface area contributed by atoms with Crippen LogP contribution in [0.15, 0.2) is 42.6 Å². The van der Waals surface area contributed by atoms with E-state index in [1.54, 1.807) is 6.20 Å². The second kappa shape index (κ2) is 8.52. The number of nitrogens with one attached hydrogen (secondary N) is 1. The molecule has 1 aromatic carbocycles. The fourth-order valence-electron chi connectivity index (χ4n) is 3.87. The summed E-state index contributed by atoms with van der Waals surface area (Å²) in [5.41, 5.74) is 4.17. The molecular formula is C22H27N5O. The number of amides is 1. The quantitative estimate of drug-likeness (QED) is 0.717. The zero-order chi connectivity index (χ0) is 19.3. The van der Waals surface area contributed by atoms with Crippen molar-refractivity contribution in [2.75, 3.05) is 26.2 Å². The second-order valence-electron chi connectivity index (χ2n) is 7.30. The molecule has 2 aromatic heterocycles. The summed E-state index contributed by atoms with van der Waals surface area (Å²) in [4.78, 5) is 19.7. The van der Waals surface area contributed by atoms with E-state index in [1.807, 2.05) is 47.8 Å². The summed E-state index contributed by atoms with van der Waals surface area (Å²) in [7, 11) is 0. The van der Waals surface area contributed by atoms with Gasteiger partial charge in [0.1, 0.15) is 0 Å². The van der Waals surface area contributed by atoms with Gasteiger partial charge in [-0.1, -0.05) is 43.7 Å². The molecule has 0 bridgehead atoms. The predicted octanol–water partition coefficient (Wildman–Crippen LogP) is 3.17. The third-order valence-electron chi connectivity index (χ3n) is 5.39. The van der Waals surface area contributed by atoms with Crippen molar-refractivity contribution in [3.63, 3.8) is 0 Å². The van der Waals surface area contributed by atoms with E-state index in [9.17, 15) is 4.79 Å². The van der Waals surface area contributed by atoms with E-state index in [-0.39, 0.29) is 5.91 Å². The Labute approximate surface area is 165 Å². The number of rotatable bonds is 6. The molecule has 6 heteroatoms. The van der Waals surface area contributed by atoms with Gasteiger partial charge < -0.3 is 10.2 Å². The highest BCUT2D eigenvalue weighted by molar-refractivity contribution is 5.95. The Balaban J connectivity index is 1.52. The van der Waals surface area contributed by atoms with Gasteiger partial charge in [0.25, 0.3) is 5.91 Å². The fourth-order valence-corrected chi connectivity index (χ4v) is 3.87. The van der Waals surface area contributed by atoms with Gasteiger partial charge in [-0.25, -0.2) is 9.50 Å². The van der Waals surface area contributed by atoms with Crippen LogP contribution in [0.4, 0.5) is 0 Å². The molecule has 6 nitrogen and oxygen atoms in total. The lowest BCUT2D eigenvalue weighted by molar-refractivity contribution is 0.0944. The molecule has 1 fully saturated rings. The van der Waals surface area contributed by atoms with Gasteiger partial charge in [-0.05, 0) is 32.4 Å². The molecule has 0 aliphatic carbocycles. The van der Waals surface area contributed by atoms with Crippen molar-refractivity contribution < 1.29 is 4.79 Å². The Kier molecular flexibility index (Phi) is 5.67. The van der Waals surface area contributed by atoms with Gasteiger partial charge in [0.05, 0.1) is 17.0 Å². The van der Waals surface area contributed by atoms with Gasteiger partial charge in [-0.2, -0.15) is 5.10 Å². The molecule has 0 unspecified atom stereocenters. The van der Waals surface area contributed by atoms with Crippen molar-refractivity contribution in [2.45, 2.75) is 32.6 Å². The summed E-state index contributed by atoms with van der Waals surface area (Å²) < 4.78 is 1.81. The number of fused-ring (bicyclic) bond motifs is 1.